The molecule has 2 rings (SSSR count). The first-order valence-corrected chi connectivity index (χ1v) is 6.50. The van der Waals surface area contributed by atoms with Crippen LogP contribution in [0.15, 0.2) is 18.2 Å². The molecule has 1 atom stereocenters. The van der Waals surface area contributed by atoms with Crippen LogP contribution >= 0.6 is 11.6 Å². The summed E-state index contributed by atoms with van der Waals surface area (Å²) in [5.74, 6) is -0.771. The first kappa shape index (κ1) is 14.2. The number of hydrogen-bond acceptors (Lipinski definition) is 3. The van der Waals surface area contributed by atoms with E-state index in [2.05, 4.69) is 5.32 Å². The summed E-state index contributed by atoms with van der Waals surface area (Å²) < 4.78 is 18.9. The normalized spacial score (nSPS) is 19.5. The topological polar surface area (TPSA) is 41.6 Å². The Kier molecular flexibility index (Phi) is 4.74. The molecule has 104 valence electrons. The number of halogens is 2. The minimum atomic E-state index is -0.576. The second-order valence-corrected chi connectivity index (χ2v) is 4.84. The van der Waals surface area contributed by atoms with Crippen molar-refractivity contribution in [2.75, 3.05) is 33.3 Å². The molecule has 4 nitrogen and oxygen atoms in total. The Labute approximate surface area is 116 Å². The maximum Gasteiger partial charge on any atom is 0.254 e. The number of nitrogens with one attached hydrogen (secondary N) is 1. The SMILES string of the molecule is CNCC1CN(C(=O)c2ccc(Cl)c(F)c2)CCO1. The second-order valence-electron chi connectivity index (χ2n) is 4.43. The Balaban J connectivity index is 2.08. The molecule has 1 unspecified atom stereocenters. The standard InChI is InChI=1S/C13H16ClFN2O2/c1-16-7-10-8-17(4-5-19-10)13(18)9-2-3-11(14)12(15)6-9/h2-3,6,10,16H,4-5,7-8H2,1H3. The van der Waals surface area contributed by atoms with E-state index < -0.39 is 5.82 Å². The second kappa shape index (κ2) is 6.32. The van der Waals surface area contributed by atoms with Crippen molar-refractivity contribution >= 4 is 17.5 Å². The predicted octanol–water partition coefficient (Wildman–Crippen LogP) is 1.54. The van der Waals surface area contributed by atoms with Crippen LogP contribution in [0.3, 0.4) is 0 Å². The Morgan fingerprint density at radius 3 is 3.11 bits per heavy atom. The third kappa shape index (κ3) is 3.43. The molecule has 1 saturated heterocycles. The van der Waals surface area contributed by atoms with Crippen LogP contribution in [0.4, 0.5) is 4.39 Å². The molecule has 1 aliphatic rings. The van der Waals surface area contributed by atoms with Crippen molar-refractivity contribution in [1.82, 2.24) is 10.2 Å². The highest BCUT2D eigenvalue weighted by Gasteiger charge is 2.24. The highest BCUT2D eigenvalue weighted by molar-refractivity contribution is 6.30. The van der Waals surface area contributed by atoms with Crippen LogP contribution < -0.4 is 5.32 Å². The van der Waals surface area contributed by atoms with Crippen molar-refractivity contribution < 1.29 is 13.9 Å². The predicted molar refractivity (Wildman–Crippen MR) is 71.0 cm³/mol. The number of likely N-dealkylation sites (N-methyl/N-ethyl adjacent to an activating group) is 1. The summed E-state index contributed by atoms with van der Waals surface area (Å²) in [7, 11) is 1.83. The molecule has 1 aliphatic heterocycles. The number of morpholine rings is 1. The van der Waals surface area contributed by atoms with E-state index in [-0.39, 0.29) is 17.0 Å². The van der Waals surface area contributed by atoms with Crippen LogP contribution in [0.25, 0.3) is 0 Å². The summed E-state index contributed by atoms with van der Waals surface area (Å²) >= 11 is 5.61. The van der Waals surface area contributed by atoms with Gasteiger partial charge in [-0.1, -0.05) is 11.6 Å². The van der Waals surface area contributed by atoms with Gasteiger partial charge in [-0.3, -0.25) is 4.79 Å². The molecule has 1 fully saturated rings. The summed E-state index contributed by atoms with van der Waals surface area (Å²) in [4.78, 5) is 13.9. The summed E-state index contributed by atoms with van der Waals surface area (Å²) in [6, 6.07) is 4.11. The molecule has 19 heavy (non-hydrogen) atoms. The van der Waals surface area contributed by atoms with Gasteiger partial charge in [-0.25, -0.2) is 4.39 Å². The molecule has 6 heteroatoms. The molecular formula is C13H16ClFN2O2. The molecule has 1 amide bonds. The van der Waals surface area contributed by atoms with Crippen LogP contribution in [-0.4, -0.2) is 50.2 Å². The molecule has 0 aliphatic carbocycles. The maximum absolute atomic E-state index is 13.4. The zero-order valence-corrected chi connectivity index (χ0v) is 11.4. The van der Waals surface area contributed by atoms with Gasteiger partial charge in [-0.05, 0) is 25.2 Å². The van der Waals surface area contributed by atoms with Gasteiger partial charge in [-0.2, -0.15) is 0 Å². The summed E-state index contributed by atoms with van der Waals surface area (Å²) in [6.45, 7) is 2.19. The van der Waals surface area contributed by atoms with Crippen molar-refractivity contribution in [2.45, 2.75) is 6.10 Å². The van der Waals surface area contributed by atoms with Gasteiger partial charge in [0.15, 0.2) is 0 Å². The Morgan fingerprint density at radius 2 is 2.42 bits per heavy atom. The summed E-state index contributed by atoms with van der Waals surface area (Å²) in [5, 5.41) is 3.03. The Morgan fingerprint density at radius 1 is 1.63 bits per heavy atom. The van der Waals surface area contributed by atoms with Crippen LogP contribution in [0.5, 0.6) is 0 Å². The quantitative estimate of drug-likeness (QED) is 0.916. The average Bonchev–Trinajstić information content (AvgIpc) is 2.42. The van der Waals surface area contributed by atoms with Crippen molar-refractivity contribution in [1.29, 1.82) is 0 Å². The maximum atomic E-state index is 13.4. The fourth-order valence-electron chi connectivity index (χ4n) is 2.07. The van der Waals surface area contributed by atoms with Crippen molar-refractivity contribution in [2.24, 2.45) is 0 Å². The first-order valence-electron chi connectivity index (χ1n) is 6.12. The van der Waals surface area contributed by atoms with Crippen LogP contribution in [0, 0.1) is 5.82 Å². The number of carbonyl (C=O) groups excluding carboxylic acids is 1. The van der Waals surface area contributed by atoms with E-state index in [0.29, 0.717) is 31.8 Å². The van der Waals surface area contributed by atoms with E-state index in [1.807, 2.05) is 7.05 Å². The van der Waals surface area contributed by atoms with Gasteiger partial charge in [0.1, 0.15) is 5.82 Å². The summed E-state index contributed by atoms with van der Waals surface area (Å²) in [6.07, 6.45) is -0.0279. The van der Waals surface area contributed by atoms with Gasteiger partial charge in [0.2, 0.25) is 0 Å². The van der Waals surface area contributed by atoms with Gasteiger partial charge in [0, 0.05) is 25.2 Å². The largest absolute Gasteiger partial charge is 0.373 e. The van der Waals surface area contributed by atoms with Gasteiger partial charge in [0.05, 0.1) is 17.7 Å². The third-order valence-corrected chi connectivity index (χ3v) is 3.33. The molecule has 1 aromatic rings. The van der Waals surface area contributed by atoms with Gasteiger partial charge in [-0.15, -0.1) is 0 Å². The Bertz CT molecular complexity index is 468. The molecule has 0 spiro atoms. The minimum Gasteiger partial charge on any atom is -0.373 e. The van der Waals surface area contributed by atoms with Crippen molar-refractivity contribution in [3.63, 3.8) is 0 Å². The molecule has 1 N–H and O–H groups in total. The molecule has 1 aromatic carbocycles. The van der Waals surface area contributed by atoms with Crippen molar-refractivity contribution in [3.8, 4) is 0 Å². The smallest absolute Gasteiger partial charge is 0.254 e. The zero-order chi connectivity index (χ0) is 13.8. The van der Waals surface area contributed by atoms with Crippen molar-refractivity contribution in [3.05, 3.63) is 34.6 Å². The van der Waals surface area contributed by atoms with Gasteiger partial charge in [0.25, 0.3) is 5.91 Å². The van der Waals surface area contributed by atoms with E-state index in [4.69, 9.17) is 16.3 Å². The molecule has 1 heterocycles. The lowest BCUT2D eigenvalue weighted by Gasteiger charge is -2.33. The van der Waals surface area contributed by atoms with E-state index >= 15 is 0 Å². The molecular weight excluding hydrogens is 271 g/mol. The van der Waals surface area contributed by atoms with Crippen LogP contribution in [0.2, 0.25) is 5.02 Å². The summed E-state index contributed by atoms with van der Waals surface area (Å²) in [5.41, 5.74) is 0.312. The highest BCUT2D eigenvalue weighted by atomic mass is 35.5. The number of benzene rings is 1. The third-order valence-electron chi connectivity index (χ3n) is 3.02. The van der Waals surface area contributed by atoms with E-state index in [1.54, 1.807) is 4.90 Å². The number of rotatable bonds is 3. The number of nitrogens with zero attached hydrogens (tertiary/aromatic N) is 1. The van der Waals surface area contributed by atoms with Crippen LogP contribution in [0.1, 0.15) is 10.4 Å². The number of hydrogen-bond donors (Lipinski definition) is 1. The molecule has 0 bridgehead atoms. The van der Waals surface area contributed by atoms with Gasteiger partial charge < -0.3 is 15.0 Å². The lowest BCUT2D eigenvalue weighted by Crippen LogP contribution is -2.48. The van der Waals surface area contributed by atoms with Gasteiger partial charge >= 0.3 is 0 Å². The van der Waals surface area contributed by atoms with E-state index in [0.717, 1.165) is 0 Å². The molecule has 0 aromatic heterocycles. The fraction of sp³-hybridized carbons (Fsp3) is 0.462. The highest BCUT2D eigenvalue weighted by Crippen LogP contribution is 2.17. The van der Waals surface area contributed by atoms with E-state index in [9.17, 15) is 9.18 Å². The number of ether oxygens (including phenoxy) is 1. The zero-order valence-electron chi connectivity index (χ0n) is 10.7. The Hall–Kier alpha value is -1.17. The molecule has 0 radical (unpaired) electrons. The lowest BCUT2D eigenvalue weighted by atomic mass is 10.1. The lowest BCUT2D eigenvalue weighted by molar-refractivity contribution is -0.0196. The van der Waals surface area contributed by atoms with E-state index in [1.165, 1.54) is 18.2 Å². The monoisotopic (exact) mass is 286 g/mol. The minimum absolute atomic E-state index is 0.0200. The first-order chi connectivity index (χ1) is 9.11. The fourth-order valence-corrected chi connectivity index (χ4v) is 2.18. The molecule has 0 saturated carbocycles. The number of amides is 1. The van der Waals surface area contributed by atoms with Crippen LogP contribution in [-0.2, 0) is 4.74 Å². The number of carbonyl (C=O) groups is 1. The average molecular weight is 287 g/mol.